The van der Waals surface area contributed by atoms with E-state index < -0.39 is 17.1 Å². The van der Waals surface area contributed by atoms with Crippen LogP contribution in [0.4, 0.5) is 0 Å². The molecule has 0 saturated carbocycles. The lowest BCUT2D eigenvalue weighted by Gasteiger charge is -2.34. The summed E-state index contributed by atoms with van der Waals surface area (Å²) in [4.78, 5) is 0. The normalized spacial score (nSPS) is 15.1. The Hall–Kier alpha value is -0.240. The quantitative estimate of drug-likeness (QED) is 0.335. The third-order valence-corrected chi connectivity index (χ3v) is 4.35. The first kappa shape index (κ1) is 21.8. The van der Waals surface area contributed by atoms with Crippen molar-refractivity contribution in [2.75, 3.05) is 33.0 Å². The molecule has 6 heteroatoms. The summed E-state index contributed by atoms with van der Waals surface area (Å²) in [5.41, 5.74) is -1.75. The zero-order valence-electron chi connectivity index (χ0n) is 14.4. The predicted molar refractivity (Wildman–Crippen MR) is 84.1 cm³/mol. The second kappa shape index (κ2) is 9.15. The van der Waals surface area contributed by atoms with Gasteiger partial charge in [-0.05, 0) is 18.3 Å². The van der Waals surface area contributed by atoms with E-state index in [1.807, 2.05) is 20.8 Å². The van der Waals surface area contributed by atoms with Crippen LogP contribution in [0.3, 0.4) is 0 Å². The van der Waals surface area contributed by atoms with Gasteiger partial charge in [0.1, 0.15) is 0 Å². The highest BCUT2D eigenvalue weighted by molar-refractivity contribution is 4.78. The fourth-order valence-corrected chi connectivity index (χ4v) is 1.99. The second-order valence-corrected chi connectivity index (χ2v) is 7.78. The van der Waals surface area contributed by atoms with Crippen LogP contribution in [-0.2, 0) is 4.74 Å². The molecule has 0 rings (SSSR count). The molecule has 1 atom stereocenters. The van der Waals surface area contributed by atoms with E-state index in [4.69, 9.17) is 4.74 Å². The molecule has 1 unspecified atom stereocenters. The average Bonchev–Trinajstić information content (AvgIpc) is 2.51. The Morgan fingerprint density at radius 1 is 0.818 bits per heavy atom. The van der Waals surface area contributed by atoms with Crippen molar-refractivity contribution >= 4 is 0 Å². The molecule has 0 aliphatic carbocycles. The summed E-state index contributed by atoms with van der Waals surface area (Å²) in [6.07, 6.45) is 1.10. The van der Waals surface area contributed by atoms with Crippen molar-refractivity contribution in [2.45, 2.75) is 53.2 Å². The summed E-state index contributed by atoms with van der Waals surface area (Å²) in [6.45, 7) is 6.86. The molecule has 0 aromatic carbocycles. The van der Waals surface area contributed by atoms with Crippen molar-refractivity contribution in [3.05, 3.63) is 0 Å². The van der Waals surface area contributed by atoms with Crippen molar-refractivity contribution in [2.24, 2.45) is 16.2 Å². The van der Waals surface area contributed by atoms with Crippen molar-refractivity contribution in [3.8, 4) is 0 Å². The van der Waals surface area contributed by atoms with E-state index >= 15 is 0 Å². The minimum Gasteiger partial charge on any atom is -0.396 e. The molecule has 0 spiro atoms. The summed E-state index contributed by atoms with van der Waals surface area (Å²) in [5, 5.41) is 46.9. The van der Waals surface area contributed by atoms with Crippen LogP contribution in [0.25, 0.3) is 0 Å². The van der Waals surface area contributed by atoms with Crippen LogP contribution >= 0.6 is 0 Å². The monoisotopic (exact) mass is 322 g/mol. The SMILES string of the molecule is CC(C)(CCCC(C)(CO)CO)COC(O)C(C)(CO)CO. The minimum atomic E-state index is -1.23. The number of aliphatic hydroxyl groups excluding tert-OH is 5. The van der Waals surface area contributed by atoms with Gasteiger partial charge in [-0.25, -0.2) is 0 Å². The van der Waals surface area contributed by atoms with Crippen LogP contribution in [-0.4, -0.2) is 64.9 Å². The van der Waals surface area contributed by atoms with E-state index in [1.165, 1.54) is 0 Å². The molecule has 0 radical (unpaired) electrons. The first-order valence-corrected chi connectivity index (χ1v) is 7.81. The van der Waals surface area contributed by atoms with E-state index in [0.29, 0.717) is 13.0 Å². The van der Waals surface area contributed by atoms with Gasteiger partial charge in [0.25, 0.3) is 0 Å². The van der Waals surface area contributed by atoms with Gasteiger partial charge in [0.15, 0.2) is 6.29 Å². The van der Waals surface area contributed by atoms with Crippen LogP contribution in [0.15, 0.2) is 0 Å². The molecule has 5 N–H and O–H groups in total. The smallest absolute Gasteiger partial charge is 0.164 e. The Morgan fingerprint density at radius 2 is 1.32 bits per heavy atom. The zero-order valence-corrected chi connectivity index (χ0v) is 14.4. The largest absolute Gasteiger partial charge is 0.396 e. The second-order valence-electron chi connectivity index (χ2n) is 7.78. The van der Waals surface area contributed by atoms with Crippen molar-refractivity contribution in [3.63, 3.8) is 0 Å². The van der Waals surface area contributed by atoms with E-state index in [1.54, 1.807) is 6.92 Å². The lowest BCUT2D eigenvalue weighted by Crippen LogP contribution is -2.42. The topological polar surface area (TPSA) is 110 Å². The summed E-state index contributed by atoms with van der Waals surface area (Å²) in [5.74, 6) is 0. The van der Waals surface area contributed by atoms with E-state index in [0.717, 1.165) is 12.8 Å². The van der Waals surface area contributed by atoms with Crippen LogP contribution in [0.5, 0.6) is 0 Å². The molecule has 22 heavy (non-hydrogen) atoms. The predicted octanol–water partition coefficient (Wildman–Crippen LogP) is 0.500. The Labute approximate surface area is 133 Å². The number of rotatable bonds is 12. The molecular formula is C16H34O6. The van der Waals surface area contributed by atoms with Crippen LogP contribution in [0, 0.1) is 16.2 Å². The molecule has 0 aliphatic heterocycles. The van der Waals surface area contributed by atoms with E-state index in [9.17, 15) is 25.5 Å². The molecule has 0 bridgehead atoms. The molecule has 0 fully saturated rings. The summed E-state index contributed by atoms with van der Waals surface area (Å²) in [7, 11) is 0. The summed E-state index contributed by atoms with van der Waals surface area (Å²) < 4.78 is 5.43. The number of ether oxygens (including phenoxy) is 1. The zero-order chi connectivity index (χ0) is 17.4. The minimum absolute atomic E-state index is 0.0511. The van der Waals surface area contributed by atoms with Gasteiger partial charge >= 0.3 is 0 Å². The Balaban J connectivity index is 4.30. The van der Waals surface area contributed by atoms with Crippen molar-refractivity contribution < 1.29 is 30.3 Å². The Morgan fingerprint density at radius 3 is 1.73 bits per heavy atom. The molecule has 6 nitrogen and oxygen atoms in total. The molecule has 0 saturated heterocycles. The Kier molecular flexibility index (Phi) is 9.05. The lowest BCUT2D eigenvalue weighted by molar-refractivity contribution is -0.205. The highest BCUT2D eigenvalue weighted by atomic mass is 16.6. The van der Waals surface area contributed by atoms with Gasteiger partial charge in [0.05, 0.1) is 38.4 Å². The van der Waals surface area contributed by atoms with E-state index in [-0.39, 0.29) is 31.8 Å². The van der Waals surface area contributed by atoms with Gasteiger partial charge in [0.2, 0.25) is 0 Å². The fourth-order valence-electron chi connectivity index (χ4n) is 1.99. The average molecular weight is 322 g/mol. The maximum Gasteiger partial charge on any atom is 0.164 e. The molecule has 0 heterocycles. The first-order chi connectivity index (χ1) is 10.1. The summed E-state index contributed by atoms with van der Waals surface area (Å²) >= 11 is 0. The van der Waals surface area contributed by atoms with Gasteiger partial charge < -0.3 is 30.3 Å². The van der Waals surface area contributed by atoms with Crippen LogP contribution in [0.1, 0.15) is 47.0 Å². The first-order valence-electron chi connectivity index (χ1n) is 7.81. The van der Waals surface area contributed by atoms with Gasteiger partial charge in [-0.3, -0.25) is 0 Å². The molecule has 134 valence electrons. The third kappa shape index (κ3) is 6.89. The van der Waals surface area contributed by atoms with Crippen molar-refractivity contribution in [1.29, 1.82) is 0 Å². The highest BCUT2D eigenvalue weighted by Gasteiger charge is 2.34. The molecular weight excluding hydrogens is 288 g/mol. The maximum atomic E-state index is 9.95. The molecule has 0 aromatic heterocycles. The lowest BCUT2D eigenvalue weighted by atomic mass is 9.81. The number of hydrogen-bond donors (Lipinski definition) is 5. The van der Waals surface area contributed by atoms with Gasteiger partial charge in [-0.2, -0.15) is 0 Å². The maximum absolute atomic E-state index is 9.95. The molecule has 0 amide bonds. The van der Waals surface area contributed by atoms with Crippen LogP contribution < -0.4 is 0 Å². The van der Waals surface area contributed by atoms with Gasteiger partial charge in [-0.1, -0.05) is 34.1 Å². The van der Waals surface area contributed by atoms with E-state index in [2.05, 4.69) is 0 Å². The van der Waals surface area contributed by atoms with Crippen molar-refractivity contribution in [1.82, 2.24) is 0 Å². The number of aliphatic hydroxyl groups is 5. The Bertz CT molecular complexity index is 297. The third-order valence-electron chi connectivity index (χ3n) is 4.35. The number of hydrogen-bond acceptors (Lipinski definition) is 6. The molecule has 0 aromatic rings. The van der Waals surface area contributed by atoms with Gasteiger partial charge in [0, 0.05) is 5.41 Å². The highest BCUT2D eigenvalue weighted by Crippen LogP contribution is 2.30. The fraction of sp³-hybridized carbons (Fsp3) is 1.00. The van der Waals surface area contributed by atoms with Gasteiger partial charge in [-0.15, -0.1) is 0 Å². The standard InChI is InChI=1S/C16H34O6/c1-14(2,6-5-7-15(3,8-17)9-18)12-22-13(21)16(4,10-19)11-20/h13,17-21H,5-12H2,1-4H3. The molecule has 0 aliphatic rings. The van der Waals surface area contributed by atoms with Crippen LogP contribution in [0.2, 0.25) is 0 Å². The summed E-state index contributed by atoms with van der Waals surface area (Å²) in [6, 6.07) is 0.